The second kappa shape index (κ2) is 4.43. The second-order valence-electron chi connectivity index (χ2n) is 4.49. The lowest BCUT2D eigenvalue weighted by Gasteiger charge is -2.51. The molecular formula is C11H24N2. The molecule has 0 spiro atoms. The van der Waals surface area contributed by atoms with Gasteiger partial charge in [0, 0.05) is 24.7 Å². The van der Waals surface area contributed by atoms with E-state index in [-0.39, 0.29) is 5.54 Å². The fourth-order valence-electron chi connectivity index (χ4n) is 2.48. The number of likely N-dealkylation sites (tertiary alicyclic amines) is 1. The summed E-state index contributed by atoms with van der Waals surface area (Å²) in [6.07, 6.45) is 4.92. The first-order valence-corrected chi connectivity index (χ1v) is 5.68. The summed E-state index contributed by atoms with van der Waals surface area (Å²) in [6, 6.07) is 0.772. The lowest BCUT2D eigenvalue weighted by Crippen LogP contribution is -2.69. The molecule has 1 fully saturated rings. The molecule has 0 aromatic rings. The molecule has 0 unspecified atom stereocenters. The van der Waals surface area contributed by atoms with Gasteiger partial charge in [-0.3, -0.25) is 4.90 Å². The van der Waals surface area contributed by atoms with Crippen molar-refractivity contribution >= 4 is 0 Å². The van der Waals surface area contributed by atoms with Crippen LogP contribution in [0.3, 0.4) is 0 Å². The van der Waals surface area contributed by atoms with Crippen LogP contribution >= 0.6 is 0 Å². The van der Waals surface area contributed by atoms with Crippen molar-refractivity contribution in [3.63, 3.8) is 0 Å². The zero-order valence-electron chi connectivity index (χ0n) is 9.34. The first-order valence-electron chi connectivity index (χ1n) is 5.68. The molecule has 2 heteroatoms. The fourth-order valence-corrected chi connectivity index (χ4v) is 2.48. The lowest BCUT2D eigenvalue weighted by molar-refractivity contribution is 0.0206. The highest BCUT2D eigenvalue weighted by atomic mass is 15.3. The molecule has 0 aromatic carbocycles. The van der Waals surface area contributed by atoms with Gasteiger partial charge in [-0.25, -0.2) is 0 Å². The van der Waals surface area contributed by atoms with Gasteiger partial charge >= 0.3 is 0 Å². The van der Waals surface area contributed by atoms with Crippen molar-refractivity contribution in [2.75, 3.05) is 13.1 Å². The van der Waals surface area contributed by atoms with Gasteiger partial charge in [-0.15, -0.1) is 0 Å². The minimum absolute atomic E-state index is 0.150. The maximum atomic E-state index is 6.21. The summed E-state index contributed by atoms with van der Waals surface area (Å²) in [6.45, 7) is 8.99. The van der Waals surface area contributed by atoms with E-state index in [1.807, 2.05) is 0 Å². The van der Waals surface area contributed by atoms with Gasteiger partial charge in [0.05, 0.1) is 0 Å². The Hall–Kier alpha value is -0.0800. The van der Waals surface area contributed by atoms with Crippen LogP contribution in [-0.2, 0) is 0 Å². The molecule has 2 N–H and O–H groups in total. The van der Waals surface area contributed by atoms with Crippen LogP contribution in [0.15, 0.2) is 0 Å². The molecule has 1 aliphatic heterocycles. The van der Waals surface area contributed by atoms with E-state index < -0.39 is 0 Å². The van der Waals surface area contributed by atoms with Crippen molar-refractivity contribution in [2.45, 2.75) is 58.0 Å². The second-order valence-corrected chi connectivity index (χ2v) is 4.49. The van der Waals surface area contributed by atoms with Crippen molar-refractivity contribution in [2.24, 2.45) is 5.73 Å². The van der Waals surface area contributed by atoms with E-state index in [2.05, 4.69) is 25.7 Å². The monoisotopic (exact) mass is 184 g/mol. The predicted molar refractivity (Wildman–Crippen MR) is 57.8 cm³/mol. The third-order valence-electron chi connectivity index (χ3n) is 3.24. The maximum Gasteiger partial charge on any atom is 0.0412 e. The highest BCUT2D eigenvalue weighted by molar-refractivity contribution is 5.01. The molecule has 0 atom stereocenters. The Bertz CT molecular complexity index is 146. The standard InChI is InChI=1S/C11H24N2/c1-4-7-11(12)8-13(9-11)10(5-2)6-3/h10H,4-9,12H2,1-3H3. The number of rotatable bonds is 5. The number of nitrogens with two attached hydrogens (primary N) is 1. The van der Waals surface area contributed by atoms with Gasteiger partial charge in [0.15, 0.2) is 0 Å². The van der Waals surface area contributed by atoms with E-state index in [1.54, 1.807) is 0 Å². The van der Waals surface area contributed by atoms with Crippen LogP contribution < -0.4 is 5.73 Å². The molecule has 78 valence electrons. The van der Waals surface area contributed by atoms with E-state index in [9.17, 15) is 0 Å². The summed E-state index contributed by atoms with van der Waals surface area (Å²) in [5.74, 6) is 0. The first-order chi connectivity index (χ1) is 6.15. The average Bonchev–Trinajstić information content (AvgIpc) is 2.04. The largest absolute Gasteiger partial charge is 0.323 e. The Morgan fingerprint density at radius 1 is 1.23 bits per heavy atom. The van der Waals surface area contributed by atoms with Crippen LogP contribution in [0, 0.1) is 0 Å². The molecule has 13 heavy (non-hydrogen) atoms. The summed E-state index contributed by atoms with van der Waals surface area (Å²) >= 11 is 0. The number of nitrogens with zero attached hydrogens (tertiary/aromatic N) is 1. The molecule has 1 saturated heterocycles. The molecule has 1 rings (SSSR count). The quantitative estimate of drug-likeness (QED) is 0.708. The zero-order chi connectivity index (χ0) is 9.90. The summed E-state index contributed by atoms with van der Waals surface area (Å²) in [4.78, 5) is 2.54. The van der Waals surface area contributed by atoms with Gasteiger partial charge in [-0.2, -0.15) is 0 Å². The van der Waals surface area contributed by atoms with Gasteiger partial charge < -0.3 is 5.73 Å². The molecule has 0 radical (unpaired) electrons. The maximum absolute atomic E-state index is 6.21. The predicted octanol–water partition coefficient (Wildman–Crippen LogP) is 1.99. The smallest absolute Gasteiger partial charge is 0.0412 e. The van der Waals surface area contributed by atoms with E-state index in [4.69, 9.17) is 5.73 Å². The Morgan fingerprint density at radius 2 is 1.77 bits per heavy atom. The van der Waals surface area contributed by atoms with Crippen molar-refractivity contribution in [1.82, 2.24) is 4.90 Å². The minimum atomic E-state index is 0.150. The summed E-state index contributed by atoms with van der Waals surface area (Å²) in [5.41, 5.74) is 6.36. The van der Waals surface area contributed by atoms with Gasteiger partial charge in [-0.05, 0) is 19.3 Å². The van der Waals surface area contributed by atoms with Crippen LogP contribution in [0.1, 0.15) is 46.5 Å². The number of hydrogen-bond acceptors (Lipinski definition) is 2. The minimum Gasteiger partial charge on any atom is -0.323 e. The van der Waals surface area contributed by atoms with Gasteiger partial charge in [0.2, 0.25) is 0 Å². The molecule has 0 aliphatic carbocycles. The molecule has 1 heterocycles. The van der Waals surface area contributed by atoms with E-state index in [0.29, 0.717) is 0 Å². The highest BCUT2D eigenvalue weighted by Gasteiger charge is 2.40. The topological polar surface area (TPSA) is 29.3 Å². The SMILES string of the molecule is CCCC1(N)CN(C(CC)CC)C1. The van der Waals surface area contributed by atoms with Crippen LogP contribution in [0.25, 0.3) is 0 Å². The van der Waals surface area contributed by atoms with Crippen molar-refractivity contribution in [1.29, 1.82) is 0 Å². The molecule has 0 bridgehead atoms. The third kappa shape index (κ3) is 2.44. The molecule has 0 saturated carbocycles. The Balaban J connectivity index is 2.30. The lowest BCUT2D eigenvalue weighted by atomic mass is 9.84. The van der Waals surface area contributed by atoms with E-state index in [1.165, 1.54) is 25.7 Å². The van der Waals surface area contributed by atoms with Crippen molar-refractivity contribution < 1.29 is 0 Å². The van der Waals surface area contributed by atoms with E-state index in [0.717, 1.165) is 19.1 Å². The molecule has 0 aromatic heterocycles. The van der Waals surface area contributed by atoms with Crippen molar-refractivity contribution in [3.8, 4) is 0 Å². The molecular weight excluding hydrogens is 160 g/mol. The Morgan fingerprint density at radius 3 is 2.15 bits per heavy atom. The first kappa shape index (κ1) is 11.0. The Kier molecular flexibility index (Phi) is 3.74. The van der Waals surface area contributed by atoms with Crippen LogP contribution in [0.2, 0.25) is 0 Å². The van der Waals surface area contributed by atoms with Crippen LogP contribution in [0.5, 0.6) is 0 Å². The van der Waals surface area contributed by atoms with Gasteiger partial charge in [0.25, 0.3) is 0 Å². The summed E-state index contributed by atoms with van der Waals surface area (Å²) in [5, 5.41) is 0. The highest BCUT2D eigenvalue weighted by Crippen LogP contribution is 2.27. The Labute approximate surface area is 82.5 Å². The van der Waals surface area contributed by atoms with Gasteiger partial charge in [-0.1, -0.05) is 27.2 Å². The third-order valence-corrected chi connectivity index (χ3v) is 3.24. The van der Waals surface area contributed by atoms with Crippen molar-refractivity contribution in [3.05, 3.63) is 0 Å². The van der Waals surface area contributed by atoms with Crippen LogP contribution in [0.4, 0.5) is 0 Å². The average molecular weight is 184 g/mol. The molecule has 0 amide bonds. The zero-order valence-corrected chi connectivity index (χ0v) is 9.34. The summed E-state index contributed by atoms with van der Waals surface area (Å²) in [7, 11) is 0. The van der Waals surface area contributed by atoms with Crippen LogP contribution in [-0.4, -0.2) is 29.6 Å². The molecule has 1 aliphatic rings. The fraction of sp³-hybridized carbons (Fsp3) is 1.00. The van der Waals surface area contributed by atoms with E-state index >= 15 is 0 Å². The summed E-state index contributed by atoms with van der Waals surface area (Å²) < 4.78 is 0. The number of hydrogen-bond donors (Lipinski definition) is 1. The van der Waals surface area contributed by atoms with Gasteiger partial charge in [0.1, 0.15) is 0 Å². The normalized spacial score (nSPS) is 21.9. The molecule has 2 nitrogen and oxygen atoms in total.